The molecule has 8 rings (SSSR count). The molecule has 0 fully saturated rings. The minimum absolute atomic E-state index is 0.590. The Kier molecular flexibility index (Phi) is 9.79. The van der Waals surface area contributed by atoms with Crippen LogP contribution >= 0.6 is 9.24 Å². The number of nitrogens with zero attached hydrogens (tertiary/aromatic N) is 1. The number of allylic oxidation sites excluding steroid dienone is 10. The Morgan fingerprint density at radius 2 is 1.13 bits per heavy atom. The van der Waals surface area contributed by atoms with E-state index in [-0.39, 0.29) is 0 Å². The van der Waals surface area contributed by atoms with Crippen molar-refractivity contribution in [1.82, 2.24) is 0 Å². The van der Waals surface area contributed by atoms with E-state index in [1.807, 2.05) is 0 Å². The van der Waals surface area contributed by atoms with Crippen molar-refractivity contribution >= 4 is 42.8 Å². The molecule has 0 amide bonds. The van der Waals surface area contributed by atoms with Gasteiger partial charge in [-0.25, -0.2) is 0 Å². The minimum Gasteiger partial charge on any atom is -0.310 e. The van der Waals surface area contributed by atoms with Gasteiger partial charge >= 0.3 is 0 Å². The molecule has 2 aliphatic carbocycles. The van der Waals surface area contributed by atoms with Gasteiger partial charge < -0.3 is 4.90 Å². The van der Waals surface area contributed by atoms with Crippen molar-refractivity contribution in [2.24, 2.45) is 5.92 Å². The van der Waals surface area contributed by atoms with Gasteiger partial charge in [0.1, 0.15) is 0 Å². The highest BCUT2D eigenvalue weighted by atomic mass is 31.0. The maximum Gasteiger partial charge on any atom is 0.0468 e. The SMILES string of the molecule is CC1C=CC(c2ccc(N(c3ccc(C4=CCC=CC=C4)cc3)c3ccc(-c4cccc(-c5ccccc5P)c4)c(-c4ccccc4)c3)cc2)=CC1. The van der Waals surface area contributed by atoms with E-state index in [0.29, 0.717) is 5.92 Å². The maximum atomic E-state index is 2.89. The van der Waals surface area contributed by atoms with Crippen LogP contribution in [-0.4, -0.2) is 0 Å². The van der Waals surface area contributed by atoms with Crippen LogP contribution < -0.4 is 10.2 Å². The fraction of sp³-hybridized carbons (Fsp3) is 0.0800. The summed E-state index contributed by atoms with van der Waals surface area (Å²) in [4.78, 5) is 2.39. The van der Waals surface area contributed by atoms with Crippen molar-refractivity contribution in [2.75, 3.05) is 4.90 Å². The molecule has 2 heteroatoms. The second-order valence-corrected chi connectivity index (χ2v) is 14.2. The van der Waals surface area contributed by atoms with Crippen molar-refractivity contribution in [3.05, 3.63) is 205 Å². The molecule has 0 aromatic heterocycles. The molecule has 0 spiro atoms. The summed E-state index contributed by atoms with van der Waals surface area (Å²) >= 11 is 0. The average molecular weight is 688 g/mol. The van der Waals surface area contributed by atoms with Crippen molar-refractivity contribution < 1.29 is 0 Å². The Morgan fingerprint density at radius 3 is 1.83 bits per heavy atom. The molecule has 6 aromatic carbocycles. The van der Waals surface area contributed by atoms with E-state index >= 15 is 0 Å². The molecule has 6 aromatic rings. The van der Waals surface area contributed by atoms with Crippen molar-refractivity contribution in [2.45, 2.75) is 19.8 Å². The predicted molar refractivity (Wildman–Crippen MR) is 229 cm³/mol. The lowest BCUT2D eigenvalue weighted by Crippen LogP contribution is -2.10. The molecule has 2 aliphatic rings. The van der Waals surface area contributed by atoms with Crippen LogP contribution in [0.1, 0.15) is 30.9 Å². The first-order chi connectivity index (χ1) is 25.6. The number of hydrogen-bond donors (Lipinski definition) is 0. The van der Waals surface area contributed by atoms with E-state index in [4.69, 9.17) is 0 Å². The third kappa shape index (κ3) is 7.20. The summed E-state index contributed by atoms with van der Waals surface area (Å²) in [5.74, 6) is 0.590. The van der Waals surface area contributed by atoms with Crippen molar-refractivity contribution in [3.8, 4) is 33.4 Å². The molecule has 2 unspecified atom stereocenters. The molecule has 0 bridgehead atoms. The van der Waals surface area contributed by atoms with Crippen LogP contribution in [0.15, 0.2) is 194 Å². The molecule has 0 aliphatic heterocycles. The van der Waals surface area contributed by atoms with Gasteiger partial charge in [-0.3, -0.25) is 0 Å². The molecule has 0 saturated carbocycles. The fourth-order valence-corrected chi connectivity index (χ4v) is 7.56. The van der Waals surface area contributed by atoms with Crippen LogP contribution in [0.2, 0.25) is 0 Å². The quantitative estimate of drug-likeness (QED) is 0.144. The Balaban J connectivity index is 1.24. The lowest BCUT2D eigenvalue weighted by molar-refractivity contribution is 0.739. The Hall–Kier alpha value is -5.75. The Morgan fingerprint density at radius 1 is 0.500 bits per heavy atom. The molecule has 252 valence electrons. The van der Waals surface area contributed by atoms with Crippen LogP contribution in [0, 0.1) is 5.92 Å². The fourth-order valence-electron chi connectivity index (χ4n) is 7.18. The summed E-state index contributed by atoms with van der Waals surface area (Å²) in [5.41, 5.74) is 15.6. The number of rotatable bonds is 8. The van der Waals surface area contributed by atoms with Crippen molar-refractivity contribution in [1.29, 1.82) is 0 Å². The van der Waals surface area contributed by atoms with Gasteiger partial charge in [-0.05, 0) is 122 Å². The van der Waals surface area contributed by atoms with Crippen LogP contribution in [0.4, 0.5) is 17.1 Å². The first kappa shape index (κ1) is 33.4. The average Bonchev–Trinajstić information content (AvgIpc) is 3.50. The molecule has 1 nitrogen and oxygen atoms in total. The van der Waals surface area contributed by atoms with E-state index in [1.165, 1.54) is 61.0 Å². The molecule has 0 radical (unpaired) electrons. The maximum absolute atomic E-state index is 2.89. The summed E-state index contributed by atoms with van der Waals surface area (Å²) in [6.07, 6.45) is 19.9. The molecule has 0 heterocycles. The summed E-state index contributed by atoms with van der Waals surface area (Å²) in [5, 5.41) is 1.19. The van der Waals surface area contributed by atoms with Gasteiger partial charge in [0.25, 0.3) is 0 Å². The minimum atomic E-state index is 0.590. The van der Waals surface area contributed by atoms with E-state index in [0.717, 1.165) is 29.9 Å². The van der Waals surface area contributed by atoms with Gasteiger partial charge in [0, 0.05) is 17.1 Å². The summed E-state index contributed by atoms with van der Waals surface area (Å²) in [7, 11) is 2.89. The molecular weight excluding hydrogens is 646 g/mol. The standard InChI is InChI=1S/C50H42NP/c1-36-20-22-38(23-21-36)40-26-30-45(31-27-40)51(44-28-24-39(25-29-44)37-12-5-2-3-6-13-37)46-32-33-47(49(35-46)41-14-7-4-8-15-41)42-16-11-17-43(34-42)48-18-9-10-19-50(48)52/h2-5,7-20,22-36H,6,21,52H2,1H3. The van der Waals surface area contributed by atoms with E-state index in [2.05, 4.69) is 215 Å². The Bertz CT molecular complexity index is 2360. The highest BCUT2D eigenvalue weighted by molar-refractivity contribution is 7.28. The van der Waals surface area contributed by atoms with Crippen LogP contribution in [-0.2, 0) is 0 Å². The lowest BCUT2D eigenvalue weighted by atomic mass is 9.91. The van der Waals surface area contributed by atoms with Crippen molar-refractivity contribution in [3.63, 3.8) is 0 Å². The largest absolute Gasteiger partial charge is 0.310 e. The molecule has 2 atom stereocenters. The van der Waals surface area contributed by atoms with Gasteiger partial charge in [0.15, 0.2) is 0 Å². The highest BCUT2D eigenvalue weighted by Crippen LogP contribution is 2.42. The monoisotopic (exact) mass is 687 g/mol. The molecule has 0 N–H and O–H groups in total. The van der Waals surface area contributed by atoms with Gasteiger partial charge in [-0.15, -0.1) is 9.24 Å². The third-order valence-corrected chi connectivity index (χ3v) is 10.5. The molecule has 52 heavy (non-hydrogen) atoms. The lowest BCUT2D eigenvalue weighted by Gasteiger charge is -2.27. The van der Waals surface area contributed by atoms with Crippen LogP contribution in [0.5, 0.6) is 0 Å². The van der Waals surface area contributed by atoms with Gasteiger partial charge in [0.2, 0.25) is 0 Å². The predicted octanol–water partition coefficient (Wildman–Crippen LogP) is 13.5. The summed E-state index contributed by atoms with van der Waals surface area (Å²) < 4.78 is 0. The Labute approximate surface area is 310 Å². The normalized spacial score (nSPS) is 15.2. The zero-order valence-corrected chi connectivity index (χ0v) is 30.6. The van der Waals surface area contributed by atoms with Crippen LogP contribution in [0.3, 0.4) is 0 Å². The first-order valence-corrected chi connectivity index (χ1v) is 18.8. The van der Waals surface area contributed by atoms with E-state index < -0.39 is 0 Å². The van der Waals surface area contributed by atoms with Gasteiger partial charge in [-0.1, -0.05) is 159 Å². The molecular formula is C50H42NP. The number of benzene rings is 6. The zero-order chi connectivity index (χ0) is 35.3. The second kappa shape index (κ2) is 15.2. The third-order valence-electron chi connectivity index (χ3n) is 10.0. The van der Waals surface area contributed by atoms with E-state index in [9.17, 15) is 0 Å². The van der Waals surface area contributed by atoms with Crippen LogP contribution in [0.25, 0.3) is 44.5 Å². The summed E-state index contributed by atoms with van der Waals surface area (Å²) in [6, 6.07) is 53.2. The van der Waals surface area contributed by atoms with Gasteiger partial charge in [-0.2, -0.15) is 0 Å². The summed E-state index contributed by atoms with van der Waals surface area (Å²) in [6.45, 7) is 2.27. The smallest absolute Gasteiger partial charge is 0.0468 e. The highest BCUT2D eigenvalue weighted by Gasteiger charge is 2.18. The second-order valence-electron chi connectivity index (χ2n) is 13.6. The molecule has 0 saturated heterocycles. The van der Waals surface area contributed by atoms with E-state index in [1.54, 1.807) is 0 Å². The first-order valence-electron chi connectivity index (χ1n) is 18.2. The topological polar surface area (TPSA) is 3.24 Å². The zero-order valence-electron chi connectivity index (χ0n) is 29.5. The number of hydrogen-bond acceptors (Lipinski definition) is 1. The van der Waals surface area contributed by atoms with Gasteiger partial charge in [0.05, 0.1) is 0 Å². The number of anilines is 3.